The number of nitrogens with zero attached hydrogens (tertiary/aromatic N) is 2. The van der Waals surface area contributed by atoms with Crippen molar-refractivity contribution in [2.24, 2.45) is 5.92 Å². The SMILES string of the molecule is CCCN1CCC[C@H]1C[C@H](CSc1ccccc1)Nc1ccc(S(=O)(=O)NC(=O)c2ccc(N3CCC([C@@H](O)c4ccccc4-c4ccc(Cl)cc4)CC3)cc2)cc1S(=O)(=O)C(F)(F)F. The van der Waals surface area contributed by atoms with E-state index in [-0.39, 0.29) is 23.2 Å². The Labute approximate surface area is 388 Å². The van der Waals surface area contributed by atoms with Crippen molar-refractivity contribution in [3.8, 4) is 11.1 Å². The smallest absolute Gasteiger partial charge is 0.388 e. The lowest BCUT2D eigenvalue weighted by molar-refractivity contribution is -0.0435. The van der Waals surface area contributed by atoms with Gasteiger partial charge < -0.3 is 20.2 Å². The highest BCUT2D eigenvalue weighted by Gasteiger charge is 2.48. The molecule has 5 aromatic rings. The van der Waals surface area contributed by atoms with E-state index in [9.17, 15) is 39.9 Å². The number of alkyl halides is 3. The summed E-state index contributed by atoms with van der Waals surface area (Å²) in [5, 5.41) is 15.2. The Morgan fingerprint density at radius 1 is 0.862 bits per heavy atom. The van der Waals surface area contributed by atoms with Gasteiger partial charge in [0.1, 0.15) is 4.90 Å². The fourth-order valence-electron chi connectivity index (χ4n) is 8.75. The second-order valence-electron chi connectivity index (χ2n) is 16.5. The first-order chi connectivity index (χ1) is 31.0. The van der Waals surface area contributed by atoms with Crippen LogP contribution in [-0.4, -0.2) is 82.3 Å². The monoisotopic (exact) mass is 968 g/mol. The molecule has 2 fully saturated rings. The van der Waals surface area contributed by atoms with Gasteiger partial charge in [0, 0.05) is 52.1 Å². The minimum Gasteiger partial charge on any atom is -0.388 e. The number of carbonyl (C=O) groups excluding carboxylic acids is 1. The van der Waals surface area contributed by atoms with Crippen LogP contribution in [0.15, 0.2) is 136 Å². The van der Waals surface area contributed by atoms with E-state index >= 15 is 0 Å². The van der Waals surface area contributed by atoms with Gasteiger partial charge in [0.15, 0.2) is 0 Å². The molecule has 2 aliphatic rings. The molecule has 2 aliphatic heterocycles. The zero-order valence-corrected chi connectivity index (χ0v) is 39.0. The van der Waals surface area contributed by atoms with Crippen molar-refractivity contribution in [3.63, 3.8) is 0 Å². The minimum atomic E-state index is -6.06. The zero-order valence-electron chi connectivity index (χ0n) is 35.8. The maximum atomic E-state index is 14.2. The van der Waals surface area contributed by atoms with Gasteiger partial charge in [-0.2, -0.15) is 13.2 Å². The largest absolute Gasteiger partial charge is 0.501 e. The average molecular weight is 970 g/mol. The summed E-state index contributed by atoms with van der Waals surface area (Å²) >= 11 is 7.58. The third-order valence-electron chi connectivity index (χ3n) is 12.1. The quantitative estimate of drug-likeness (QED) is 0.0773. The summed E-state index contributed by atoms with van der Waals surface area (Å²) in [7, 11) is -10.9. The number of likely N-dealkylation sites (tertiary alicyclic amines) is 1. The van der Waals surface area contributed by atoms with Crippen molar-refractivity contribution in [1.82, 2.24) is 9.62 Å². The highest BCUT2D eigenvalue weighted by Crippen LogP contribution is 2.39. The number of aliphatic hydroxyl groups is 1. The summed E-state index contributed by atoms with van der Waals surface area (Å²) in [5.41, 5.74) is -2.67. The number of hydrogen-bond acceptors (Lipinski definition) is 10. The van der Waals surface area contributed by atoms with Gasteiger partial charge in [-0.3, -0.25) is 4.79 Å². The second kappa shape index (κ2) is 20.9. The van der Waals surface area contributed by atoms with E-state index < -0.39 is 53.2 Å². The fraction of sp³-hybridized carbons (Fsp3) is 0.354. The summed E-state index contributed by atoms with van der Waals surface area (Å²) in [4.78, 5) is 16.6. The number of nitrogens with one attached hydrogen (secondary N) is 2. The maximum absolute atomic E-state index is 14.2. The molecule has 0 unspecified atom stereocenters. The van der Waals surface area contributed by atoms with Gasteiger partial charge in [-0.25, -0.2) is 21.6 Å². The molecule has 3 N–H and O–H groups in total. The number of aliphatic hydroxyl groups excluding tert-OH is 1. The normalized spacial score (nSPS) is 17.4. The number of hydrogen-bond donors (Lipinski definition) is 3. The molecule has 0 aromatic heterocycles. The Morgan fingerprint density at radius 3 is 2.22 bits per heavy atom. The Hall–Kier alpha value is -4.58. The van der Waals surface area contributed by atoms with Gasteiger partial charge in [0.25, 0.3) is 25.8 Å². The molecule has 2 saturated heterocycles. The molecular formula is C48H52ClF3N4O6S3. The summed E-state index contributed by atoms with van der Waals surface area (Å²) in [6.45, 7) is 5.05. The van der Waals surface area contributed by atoms with Crippen molar-refractivity contribution < 1.29 is 39.9 Å². The Morgan fingerprint density at radius 2 is 1.54 bits per heavy atom. The number of benzene rings is 5. The van der Waals surface area contributed by atoms with Crippen LogP contribution in [-0.2, 0) is 19.9 Å². The van der Waals surface area contributed by atoms with Crippen molar-refractivity contribution in [2.75, 3.05) is 42.1 Å². The van der Waals surface area contributed by atoms with Crippen LogP contribution < -0.4 is 14.9 Å². The molecule has 3 atom stereocenters. The summed E-state index contributed by atoms with van der Waals surface area (Å²) in [5.74, 6) is -0.672. The number of carbonyl (C=O) groups is 1. The maximum Gasteiger partial charge on any atom is 0.501 e. The van der Waals surface area contributed by atoms with Gasteiger partial charge >= 0.3 is 5.51 Å². The van der Waals surface area contributed by atoms with Gasteiger partial charge in [-0.1, -0.05) is 73.1 Å². The molecule has 10 nitrogen and oxygen atoms in total. The van der Waals surface area contributed by atoms with Gasteiger partial charge in [-0.15, -0.1) is 11.8 Å². The van der Waals surface area contributed by atoms with Crippen LogP contribution in [0.3, 0.4) is 0 Å². The minimum absolute atomic E-state index is 0.0139. The Balaban J connectivity index is 1.04. The molecule has 0 spiro atoms. The molecule has 5 aromatic carbocycles. The van der Waals surface area contributed by atoms with E-state index in [0.29, 0.717) is 49.2 Å². The highest BCUT2D eigenvalue weighted by atomic mass is 35.5. The van der Waals surface area contributed by atoms with E-state index in [1.165, 1.54) is 23.9 Å². The molecule has 0 radical (unpaired) electrons. The third-order valence-corrected chi connectivity index (χ3v) is 16.4. The number of rotatable bonds is 17. The van der Waals surface area contributed by atoms with Crippen molar-refractivity contribution in [3.05, 3.63) is 137 Å². The first-order valence-corrected chi connectivity index (χ1v) is 26.0. The van der Waals surface area contributed by atoms with Crippen LogP contribution in [0, 0.1) is 5.92 Å². The van der Waals surface area contributed by atoms with Crippen LogP contribution in [0.25, 0.3) is 11.1 Å². The highest BCUT2D eigenvalue weighted by molar-refractivity contribution is 7.99. The molecule has 17 heteroatoms. The average Bonchev–Trinajstić information content (AvgIpc) is 3.74. The number of anilines is 2. The number of sulfonamides is 1. The number of sulfone groups is 1. The lowest BCUT2D eigenvalue weighted by atomic mass is 9.84. The number of piperidine rings is 1. The molecular weight excluding hydrogens is 917 g/mol. The van der Waals surface area contributed by atoms with Crippen LogP contribution >= 0.6 is 23.4 Å². The molecule has 346 valence electrons. The summed E-state index contributed by atoms with van der Waals surface area (Å²) < 4.78 is 98.1. The predicted molar refractivity (Wildman–Crippen MR) is 252 cm³/mol. The van der Waals surface area contributed by atoms with Gasteiger partial charge in [0.2, 0.25) is 0 Å². The Kier molecular flexibility index (Phi) is 15.6. The number of halogens is 4. The van der Waals surface area contributed by atoms with Crippen molar-refractivity contribution >= 4 is 60.5 Å². The standard InChI is InChI=1S/C48H52ClF3N4O6S3/c1-2-26-55-27-8-9-39(55)30-37(32-63-40-10-4-3-5-11-40)53-44-23-22-41(31-45(44)64(59,60)48(50,51)52)65(61,62)54-47(58)35-16-20-38(21-17-35)56-28-24-34(25-29-56)46(57)43-13-7-6-12-42(43)33-14-18-36(49)19-15-33/h3-7,10-23,31,34,37,39,46,53,57H,2,8-9,24-30,32H2,1H3,(H,54,58)/t37-,39+,46-/m1/s1. The predicted octanol–water partition coefficient (Wildman–Crippen LogP) is 10.2. The second-order valence-corrected chi connectivity index (χ2v) is 21.6. The molecule has 0 saturated carbocycles. The lowest BCUT2D eigenvalue weighted by Crippen LogP contribution is -2.37. The van der Waals surface area contributed by atoms with Crippen LogP contribution in [0.1, 0.15) is 67.5 Å². The van der Waals surface area contributed by atoms with E-state index in [1.807, 2.05) is 83.6 Å². The summed E-state index contributed by atoms with van der Waals surface area (Å²) in [6.07, 6.45) is 3.96. The molecule has 0 bridgehead atoms. The van der Waals surface area contributed by atoms with Crippen molar-refractivity contribution in [1.29, 1.82) is 0 Å². The molecule has 2 heterocycles. The van der Waals surface area contributed by atoms with Crippen LogP contribution in [0.2, 0.25) is 5.02 Å². The molecule has 7 rings (SSSR count). The van der Waals surface area contributed by atoms with Crippen LogP contribution in [0.5, 0.6) is 0 Å². The number of thioether (sulfide) groups is 1. The topological polar surface area (TPSA) is 136 Å². The van der Waals surface area contributed by atoms with Crippen LogP contribution in [0.4, 0.5) is 24.5 Å². The van der Waals surface area contributed by atoms with Gasteiger partial charge in [-0.05, 0) is 141 Å². The zero-order chi connectivity index (χ0) is 46.4. The Bertz CT molecular complexity index is 2630. The third kappa shape index (κ3) is 11.7. The van der Waals surface area contributed by atoms with E-state index in [0.717, 1.165) is 71.8 Å². The van der Waals surface area contributed by atoms with E-state index in [2.05, 4.69) is 22.0 Å². The first kappa shape index (κ1) is 48.4. The molecule has 65 heavy (non-hydrogen) atoms. The van der Waals surface area contributed by atoms with Crippen molar-refractivity contribution in [2.45, 2.75) is 83.8 Å². The van der Waals surface area contributed by atoms with E-state index in [4.69, 9.17) is 11.6 Å². The summed E-state index contributed by atoms with van der Waals surface area (Å²) in [6, 6.07) is 33.0. The molecule has 1 amide bonds. The van der Waals surface area contributed by atoms with Gasteiger partial charge in [0.05, 0.1) is 16.7 Å². The molecule has 0 aliphatic carbocycles. The number of amides is 1. The first-order valence-electron chi connectivity index (χ1n) is 21.6. The fourth-order valence-corrected chi connectivity index (χ4v) is 11.9. The van der Waals surface area contributed by atoms with E-state index in [1.54, 1.807) is 12.1 Å². The lowest BCUT2D eigenvalue weighted by Gasteiger charge is -2.36.